The summed E-state index contributed by atoms with van der Waals surface area (Å²) < 4.78 is 35.4. The van der Waals surface area contributed by atoms with Crippen molar-refractivity contribution in [2.75, 3.05) is 0 Å². The standard InChI is InChI=1S/C8H6BClF3/c10-8-4-2-1-3-7(8)5-6-9(11,12)13/h1-6H/q-1/b6-5+. The van der Waals surface area contributed by atoms with Crippen LogP contribution in [0.4, 0.5) is 12.9 Å². The van der Waals surface area contributed by atoms with Crippen molar-refractivity contribution >= 4 is 24.7 Å². The second-order valence-electron chi connectivity index (χ2n) is 2.51. The molecule has 0 N–H and O–H groups in total. The summed E-state index contributed by atoms with van der Waals surface area (Å²) in [6, 6.07) is 6.37. The molecule has 70 valence electrons. The van der Waals surface area contributed by atoms with Gasteiger partial charge in [0, 0.05) is 5.02 Å². The third-order valence-corrected chi connectivity index (χ3v) is 1.74. The maximum atomic E-state index is 11.8. The Balaban J connectivity index is 2.86. The Hall–Kier alpha value is -0.895. The van der Waals surface area contributed by atoms with Crippen molar-refractivity contribution < 1.29 is 12.9 Å². The zero-order valence-corrected chi connectivity index (χ0v) is 7.31. The molecule has 0 amide bonds. The van der Waals surface area contributed by atoms with Crippen molar-refractivity contribution in [3.05, 3.63) is 40.8 Å². The van der Waals surface area contributed by atoms with Crippen LogP contribution in [0.5, 0.6) is 0 Å². The first-order valence-corrected chi connectivity index (χ1v) is 4.00. The molecule has 0 fully saturated rings. The van der Waals surface area contributed by atoms with Crippen LogP contribution < -0.4 is 0 Å². The highest BCUT2D eigenvalue weighted by atomic mass is 35.5. The zero-order valence-electron chi connectivity index (χ0n) is 6.55. The monoisotopic (exact) mass is 205 g/mol. The van der Waals surface area contributed by atoms with Crippen LogP contribution in [0.15, 0.2) is 30.2 Å². The van der Waals surface area contributed by atoms with Gasteiger partial charge in [-0.25, -0.2) is 0 Å². The lowest BCUT2D eigenvalue weighted by Gasteiger charge is -2.06. The lowest BCUT2D eigenvalue weighted by atomic mass is 9.91. The molecule has 0 aliphatic rings. The molecule has 0 heterocycles. The maximum Gasteiger partial charge on any atom is 0.502 e. The molecule has 5 heteroatoms. The fourth-order valence-corrected chi connectivity index (χ4v) is 1.02. The zero-order chi connectivity index (χ0) is 9.90. The minimum atomic E-state index is -4.88. The van der Waals surface area contributed by atoms with E-state index >= 15 is 0 Å². The summed E-state index contributed by atoms with van der Waals surface area (Å²) in [5.74, 6) is 0.223. The Bertz CT molecular complexity index is 319. The number of halogens is 4. The molecular formula is C8H6BClF3-. The van der Waals surface area contributed by atoms with Crippen LogP contribution in [0.3, 0.4) is 0 Å². The fraction of sp³-hybridized carbons (Fsp3) is 0. The minimum Gasteiger partial charge on any atom is -0.445 e. The van der Waals surface area contributed by atoms with Crippen LogP contribution in [0, 0.1) is 0 Å². The fourth-order valence-electron chi connectivity index (χ4n) is 0.823. The van der Waals surface area contributed by atoms with Gasteiger partial charge in [0.1, 0.15) is 0 Å². The average Bonchev–Trinajstić information content (AvgIpc) is 2.01. The number of hydrogen-bond acceptors (Lipinski definition) is 0. The van der Waals surface area contributed by atoms with E-state index in [1.807, 2.05) is 0 Å². The number of benzene rings is 1. The minimum absolute atomic E-state index is 0.223. The Morgan fingerprint density at radius 1 is 1.15 bits per heavy atom. The van der Waals surface area contributed by atoms with Gasteiger partial charge in [-0.3, -0.25) is 0 Å². The van der Waals surface area contributed by atoms with E-state index in [1.165, 1.54) is 6.07 Å². The summed E-state index contributed by atoms with van der Waals surface area (Å²) >= 11 is 5.64. The van der Waals surface area contributed by atoms with Crippen LogP contribution in [0.25, 0.3) is 6.08 Å². The topological polar surface area (TPSA) is 0 Å². The van der Waals surface area contributed by atoms with Gasteiger partial charge in [-0.15, -0.1) is 5.98 Å². The number of hydrogen-bond donors (Lipinski definition) is 0. The predicted molar refractivity (Wildman–Crippen MR) is 49.6 cm³/mol. The molecule has 1 rings (SSSR count). The van der Waals surface area contributed by atoms with Gasteiger partial charge < -0.3 is 12.9 Å². The van der Waals surface area contributed by atoms with Crippen molar-refractivity contribution in [1.82, 2.24) is 0 Å². The smallest absolute Gasteiger partial charge is 0.445 e. The Labute approximate surface area is 79.1 Å². The molecule has 13 heavy (non-hydrogen) atoms. The Morgan fingerprint density at radius 2 is 1.77 bits per heavy atom. The molecule has 0 spiro atoms. The lowest BCUT2D eigenvalue weighted by molar-refractivity contribution is 0.499. The van der Waals surface area contributed by atoms with Crippen molar-refractivity contribution in [1.29, 1.82) is 0 Å². The Kier molecular flexibility index (Phi) is 3.04. The van der Waals surface area contributed by atoms with E-state index in [0.717, 1.165) is 6.08 Å². The van der Waals surface area contributed by atoms with E-state index < -0.39 is 6.98 Å². The van der Waals surface area contributed by atoms with E-state index in [1.54, 1.807) is 18.2 Å². The molecule has 0 nitrogen and oxygen atoms in total. The van der Waals surface area contributed by atoms with Crippen molar-refractivity contribution in [2.24, 2.45) is 0 Å². The van der Waals surface area contributed by atoms with E-state index in [4.69, 9.17) is 11.6 Å². The van der Waals surface area contributed by atoms with E-state index in [9.17, 15) is 12.9 Å². The van der Waals surface area contributed by atoms with Crippen LogP contribution in [0.1, 0.15) is 5.56 Å². The normalized spacial score (nSPS) is 12.3. The van der Waals surface area contributed by atoms with E-state index in [-0.39, 0.29) is 5.98 Å². The molecule has 0 aromatic heterocycles. The third kappa shape index (κ3) is 3.55. The van der Waals surface area contributed by atoms with Gasteiger partial charge in [-0.1, -0.05) is 35.9 Å². The van der Waals surface area contributed by atoms with Gasteiger partial charge in [-0.2, -0.15) is 0 Å². The second kappa shape index (κ2) is 3.88. The predicted octanol–water partition coefficient (Wildman–Crippen LogP) is 3.74. The van der Waals surface area contributed by atoms with Crippen LogP contribution in [0.2, 0.25) is 5.02 Å². The van der Waals surface area contributed by atoms with E-state index in [2.05, 4.69) is 0 Å². The first-order chi connectivity index (χ1) is 5.99. The molecular weight excluding hydrogens is 199 g/mol. The van der Waals surface area contributed by atoms with Crippen LogP contribution in [-0.2, 0) is 0 Å². The van der Waals surface area contributed by atoms with Gasteiger partial charge in [-0.05, 0) is 11.6 Å². The highest BCUT2D eigenvalue weighted by molar-refractivity contribution is 6.65. The van der Waals surface area contributed by atoms with Crippen LogP contribution in [-0.4, -0.2) is 6.98 Å². The third-order valence-electron chi connectivity index (χ3n) is 1.40. The van der Waals surface area contributed by atoms with Gasteiger partial charge in [0.15, 0.2) is 0 Å². The lowest BCUT2D eigenvalue weighted by Crippen LogP contribution is -2.09. The largest absolute Gasteiger partial charge is 0.502 e. The molecule has 1 aromatic rings. The number of rotatable bonds is 2. The first-order valence-electron chi connectivity index (χ1n) is 3.63. The molecule has 0 bridgehead atoms. The summed E-state index contributed by atoms with van der Waals surface area (Å²) in [6.07, 6.45) is 0.975. The molecule has 0 radical (unpaired) electrons. The summed E-state index contributed by atoms with van der Waals surface area (Å²) in [4.78, 5) is 0. The maximum absolute atomic E-state index is 11.8. The second-order valence-corrected chi connectivity index (χ2v) is 2.91. The van der Waals surface area contributed by atoms with Crippen molar-refractivity contribution in [3.63, 3.8) is 0 Å². The summed E-state index contributed by atoms with van der Waals surface area (Å²) in [7, 11) is 0. The molecule has 1 aromatic carbocycles. The molecule has 0 aliphatic carbocycles. The summed E-state index contributed by atoms with van der Waals surface area (Å²) in [6.45, 7) is -4.88. The van der Waals surface area contributed by atoms with Gasteiger partial charge in [0.2, 0.25) is 0 Å². The van der Waals surface area contributed by atoms with Crippen molar-refractivity contribution in [3.8, 4) is 0 Å². The highest BCUT2D eigenvalue weighted by Gasteiger charge is 2.17. The molecule has 0 saturated heterocycles. The quantitative estimate of drug-likeness (QED) is 0.645. The van der Waals surface area contributed by atoms with Gasteiger partial charge in [0.25, 0.3) is 0 Å². The van der Waals surface area contributed by atoms with Crippen LogP contribution >= 0.6 is 11.6 Å². The van der Waals surface area contributed by atoms with Crippen molar-refractivity contribution in [2.45, 2.75) is 0 Å². The SMILES string of the molecule is F[B-](F)(F)/C=C/c1ccccc1Cl. The Morgan fingerprint density at radius 3 is 2.31 bits per heavy atom. The summed E-state index contributed by atoms with van der Waals surface area (Å²) in [5.41, 5.74) is 0.378. The molecule has 0 atom stereocenters. The van der Waals surface area contributed by atoms with Gasteiger partial charge in [0.05, 0.1) is 0 Å². The molecule has 0 unspecified atom stereocenters. The average molecular weight is 205 g/mol. The highest BCUT2D eigenvalue weighted by Crippen LogP contribution is 2.19. The molecule has 0 aliphatic heterocycles. The first kappa shape index (κ1) is 10.2. The summed E-state index contributed by atoms with van der Waals surface area (Å²) in [5, 5.41) is 0.318. The van der Waals surface area contributed by atoms with Gasteiger partial charge >= 0.3 is 6.98 Å². The molecule has 0 saturated carbocycles. The van der Waals surface area contributed by atoms with E-state index in [0.29, 0.717) is 10.6 Å².